The third-order valence-corrected chi connectivity index (χ3v) is 11.6. The SMILES string of the molecule is C=CCN(CCN1CCOCC1)C(=O)C1N([C@@H](CO)C(C)C)C(=O)[C@@H]2[C@H](C(=O)N(CC=C)c3ccccc3)[C@@H]3CCC12S3. The molecule has 4 aliphatic rings. The summed E-state index contributed by atoms with van der Waals surface area (Å²) in [6.45, 7) is 16.4. The van der Waals surface area contributed by atoms with Crippen LogP contribution in [0.3, 0.4) is 0 Å². The molecule has 6 atom stereocenters. The minimum atomic E-state index is -0.758. The number of nitrogens with zero attached hydrogens (tertiary/aromatic N) is 4. The molecule has 4 fully saturated rings. The first-order valence-electron chi connectivity index (χ1n) is 15.6. The van der Waals surface area contributed by atoms with Crippen LogP contribution in [0.15, 0.2) is 55.6 Å². The van der Waals surface area contributed by atoms with Crippen molar-refractivity contribution in [2.45, 2.75) is 48.8 Å². The molecule has 0 saturated carbocycles. The Bertz CT molecular complexity index is 1190. The highest BCUT2D eigenvalue weighted by Gasteiger charge is 2.74. The van der Waals surface area contributed by atoms with E-state index in [0.29, 0.717) is 45.8 Å². The summed E-state index contributed by atoms with van der Waals surface area (Å²) in [6.07, 6.45) is 4.89. The van der Waals surface area contributed by atoms with Crippen LogP contribution in [-0.2, 0) is 19.1 Å². The van der Waals surface area contributed by atoms with Gasteiger partial charge in [0.1, 0.15) is 6.04 Å². The summed E-state index contributed by atoms with van der Waals surface area (Å²) in [4.78, 5) is 51.2. The van der Waals surface area contributed by atoms with Gasteiger partial charge in [-0.05, 0) is 30.9 Å². The van der Waals surface area contributed by atoms with E-state index >= 15 is 0 Å². The Balaban J connectivity index is 1.51. The molecule has 2 unspecified atom stereocenters. The minimum absolute atomic E-state index is 0.0530. The molecule has 1 aromatic carbocycles. The van der Waals surface area contributed by atoms with E-state index in [1.807, 2.05) is 49.1 Å². The van der Waals surface area contributed by atoms with Crippen molar-refractivity contribution < 1.29 is 24.2 Å². The van der Waals surface area contributed by atoms with Crippen molar-refractivity contribution in [2.24, 2.45) is 17.8 Å². The highest BCUT2D eigenvalue weighted by atomic mass is 32.2. The number of amides is 3. The molecule has 5 rings (SSSR count). The number of carbonyl (C=O) groups excluding carboxylic acids is 3. The van der Waals surface area contributed by atoms with Gasteiger partial charge in [0, 0.05) is 50.2 Å². The summed E-state index contributed by atoms with van der Waals surface area (Å²) in [7, 11) is 0. The van der Waals surface area contributed by atoms with Crippen molar-refractivity contribution >= 4 is 35.2 Å². The van der Waals surface area contributed by atoms with E-state index in [-0.39, 0.29) is 35.5 Å². The number of fused-ring (bicyclic) bond motifs is 1. The van der Waals surface area contributed by atoms with Gasteiger partial charge in [0.25, 0.3) is 0 Å². The molecule has 4 saturated heterocycles. The lowest BCUT2D eigenvalue weighted by molar-refractivity contribution is -0.146. The zero-order valence-electron chi connectivity index (χ0n) is 25.5. The van der Waals surface area contributed by atoms with Gasteiger partial charge in [-0.15, -0.1) is 24.9 Å². The summed E-state index contributed by atoms with van der Waals surface area (Å²) in [5, 5.41) is 10.5. The van der Waals surface area contributed by atoms with Crippen LogP contribution in [-0.4, -0.2) is 119 Å². The van der Waals surface area contributed by atoms with E-state index in [4.69, 9.17) is 4.74 Å². The molecular formula is C33H46N4O5S. The number of rotatable bonds is 13. The molecule has 10 heteroatoms. The number of aliphatic hydroxyl groups is 1. The van der Waals surface area contributed by atoms with Crippen molar-refractivity contribution in [2.75, 3.05) is 64.0 Å². The average molecular weight is 611 g/mol. The predicted octanol–water partition coefficient (Wildman–Crippen LogP) is 2.66. The molecule has 3 amide bonds. The topological polar surface area (TPSA) is 93.6 Å². The van der Waals surface area contributed by atoms with Gasteiger partial charge in [0.2, 0.25) is 17.7 Å². The van der Waals surface area contributed by atoms with Gasteiger partial charge in [-0.2, -0.15) is 0 Å². The number of morpholine rings is 1. The van der Waals surface area contributed by atoms with Crippen LogP contribution in [0.25, 0.3) is 0 Å². The van der Waals surface area contributed by atoms with Gasteiger partial charge in [-0.1, -0.05) is 44.2 Å². The Hall–Kier alpha value is -2.66. The van der Waals surface area contributed by atoms with Crippen LogP contribution in [0, 0.1) is 17.8 Å². The molecule has 4 heterocycles. The van der Waals surface area contributed by atoms with Crippen molar-refractivity contribution in [3.63, 3.8) is 0 Å². The second kappa shape index (κ2) is 13.5. The minimum Gasteiger partial charge on any atom is -0.394 e. The Kier molecular flexibility index (Phi) is 10.0. The molecule has 0 aromatic heterocycles. The normalized spacial score (nSPS) is 29.0. The first kappa shape index (κ1) is 31.8. The molecular weight excluding hydrogens is 564 g/mol. The second-order valence-electron chi connectivity index (χ2n) is 12.4. The second-order valence-corrected chi connectivity index (χ2v) is 14.0. The number of thioether (sulfide) groups is 1. The molecule has 1 aromatic rings. The van der Waals surface area contributed by atoms with Crippen LogP contribution in [0.5, 0.6) is 0 Å². The van der Waals surface area contributed by atoms with Crippen molar-refractivity contribution in [3.8, 4) is 0 Å². The lowest BCUT2D eigenvalue weighted by Gasteiger charge is -2.41. The number of carbonyl (C=O) groups is 3. The smallest absolute Gasteiger partial charge is 0.247 e. The largest absolute Gasteiger partial charge is 0.394 e. The third kappa shape index (κ3) is 5.79. The Morgan fingerprint density at radius 2 is 1.84 bits per heavy atom. The zero-order chi connectivity index (χ0) is 30.7. The van der Waals surface area contributed by atoms with Gasteiger partial charge in [-0.3, -0.25) is 19.3 Å². The number of likely N-dealkylation sites (tertiary alicyclic amines) is 1. The molecule has 9 nitrogen and oxygen atoms in total. The molecule has 2 bridgehead atoms. The highest BCUT2D eigenvalue weighted by molar-refractivity contribution is 8.02. The Morgan fingerprint density at radius 1 is 1.14 bits per heavy atom. The maximum Gasteiger partial charge on any atom is 0.247 e. The summed E-state index contributed by atoms with van der Waals surface area (Å²) in [5.74, 6) is -1.66. The van der Waals surface area contributed by atoms with E-state index in [2.05, 4.69) is 18.1 Å². The fraction of sp³-hybridized carbons (Fsp3) is 0.606. The summed E-state index contributed by atoms with van der Waals surface area (Å²) in [5.41, 5.74) is 0.764. The fourth-order valence-electron chi connectivity index (χ4n) is 7.58. The fourth-order valence-corrected chi connectivity index (χ4v) is 9.77. The molecule has 0 aliphatic carbocycles. The lowest BCUT2D eigenvalue weighted by Crippen LogP contribution is -2.59. The van der Waals surface area contributed by atoms with Crippen LogP contribution in [0.2, 0.25) is 0 Å². The number of hydrogen-bond acceptors (Lipinski definition) is 7. The molecule has 43 heavy (non-hydrogen) atoms. The van der Waals surface area contributed by atoms with Gasteiger partial charge < -0.3 is 24.5 Å². The standard InChI is InChI=1S/C33H46N4O5S/c1-5-14-35(17-16-34-18-20-42-21-19-34)32(41)29-33-13-12-26(43-33)27(28(33)31(40)37(29)25(22-38)23(3)4)30(39)36(15-6-2)24-10-8-7-9-11-24/h5-11,23,25-29,38H,1-2,12-22H2,3-4H3/t25-,26-,27+,28-,29?,33?/m0/s1. The summed E-state index contributed by atoms with van der Waals surface area (Å²) >= 11 is 1.66. The van der Waals surface area contributed by atoms with Crippen LogP contribution in [0.1, 0.15) is 26.7 Å². The van der Waals surface area contributed by atoms with Crippen LogP contribution < -0.4 is 4.90 Å². The number of ether oxygens (including phenoxy) is 1. The van der Waals surface area contributed by atoms with Gasteiger partial charge >= 0.3 is 0 Å². The number of aliphatic hydroxyl groups excluding tert-OH is 1. The zero-order valence-corrected chi connectivity index (χ0v) is 26.3. The predicted molar refractivity (Wildman–Crippen MR) is 170 cm³/mol. The summed E-state index contributed by atoms with van der Waals surface area (Å²) < 4.78 is 4.77. The molecule has 0 radical (unpaired) electrons. The Labute approximate surface area is 259 Å². The summed E-state index contributed by atoms with van der Waals surface area (Å²) in [6, 6.07) is 8.21. The van der Waals surface area contributed by atoms with E-state index in [1.165, 1.54) is 0 Å². The number of anilines is 1. The average Bonchev–Trinajstić information content (AvgIpc) is 3.66. The number of benzene rings is 1. The van der Waals surface area contributed by atoms with E-state index in [0.717, 1.165) is 25.2 Å². The van der Waals surface area contributed by atoms with Gasteiger partial charge in [-0.25, -0.2) is 0 Å². The van der Waals surface area contributed by atoms with Crippen LogP contribution >= 0.6 is 11.8 Å². The first-order chi connectivity index (χ1) is 20.8. The molecule has 1 spiro atoms. The van der Waals surface area contributed by atoms with Gasteiger partial charge in [0.05, 0.1) is 42.4 Å². The lowest BCUT2D eigenvalue weighted by atomic mass is 9.70. The van der Waals surface area contributed by atoms with E-state index in [1.54, 1.807) is 33.7 Å². The molecule has 4 aliphatic heterocycles. The highest BCUT2D eigenvalue weighted by Crippen LogP contribution is 2.67. The van der Waals surface area contributed by atoms with E-state index < -0.39 is 28.7 Å². The Morgan fingerprint density at radius 3 is 2.47 bits per heavy atom. The van der Waals surface area contributed by atoms with Gasteiger partial charge in [0.15, 0.2) is 0 Å². The third-order valence-electron chi connectivity index (χ3n) is 9.67. The number of hydrogen-bond donors (Lipinski definition) is 1. The molecule has 234 valence electrons. The molecule has 1 N–H and O–H groups in total. The maximum atomic E-state index is 14.7. The van der Waals surface area contributed by atoms with Crippen molar-refractivity contribution in [1.82, 2.24) is 14.7 Å². The number of para-hydroxylation sites is 1. The quantitative estimate of drug-likeness (QED) is 0.344. The monoisotopic (exact) mass is 610 g/mol. The van der Waals surface area contributed by atoms with Crippen molar-refractivity contribution in [1.29, 1.82) is 0 Å². The van der Waals surface area contributed by atoms with Crippen molar-refractivity contribution in [3.05, 3.63) is 55.6 Å². The van der Waals surface area contributed by atoms with Crippen LogP contribution in [0.4, 0.5) is 5.69 Å². The maximum absolute atomic E-state index is 14.7. The van der Waals surface area contributed by atoms with E-state index in [9.17, 15) is 19.5 Å². The first-order valence-corrected chi connectivity index (χ1v) is 16.4.